The SMILES string of the molecule is O=S(=O)(Cc1cc(F)cc(F)c1)N1CCC(N(c2ccncn2)C2CC2)CC1. The van der Waals surface area contributed by atoms with Gasteiger partial charge in [-0.3, -0.25) is 0 Å². The first kappa shape index (κ1) is 19.2. The van der Waals surface area contributed by atoms with E-state index in [1.165, 1.54) is 10.6 Å². The van der Waals surface area contributed by atoms with Gasteiger partial charge in [0.25, 0.3) is 0 Å². The van der Waals surface area contributed by atoms with Gasteiger partial charge >= 0.3 is 0 Å². The van der Waals surface area contributed by atoms with Crippen molar-refractivity contribution in [2.75, 3.05) is 18.0 Å². The molecule has 9 heteroatoms. The van der Waals surface area contributed by atoms with Gasteiger partial charge in [-0.2, -0.15) is 0 Å². The summed E-state index contributed by atoms with van der Waals surface area (Å²) < 4.78 is 53.6. The molecule has 28 heavy (non-hydrogen) atoms. The quantitative estimate of drug-likeness (QED) is 0.735. The summed E-state index contributed by atoms with van der Waals surface area (Å²) in [6, 6.07) is 5.44. The third kappa shape index (κ3) is 4.30. The van der Waals surface area contributed by atoms with Crippen LogP contribution in [0.3, 0.4) is 0 Å². The molecular weight excluding hydrogens is 386 g/mol. The summed E-state index contributed by atoms with van der Waals surface area (Å²) in [5, 5.41) is 0. The van der Waals surface area contributed by atoms with E-state index in [4.69, 9.17) is 0 Å². The summed E-state index contributed by atoms with van der Waals surface area (Å²) in [5.74, 6) is -1.05. The summed E-state index contributed by atoms with van der Waals surface area (Å²) in [5.41, 5.74) is 0.125. The second-order valence-electron chi connectivity index (χ2n) is 7.37. The molecular formula is C19H22F2N4O2S. The van der Waals surface area contributed by atoms with Crippen LogP contribution in [0.15, 0.2) is 36.8 Å². The fraction of sp³-hybridized carbons (Fsp3) is 0.474. The van der Waals surface area contributed by atoms with Crippen molar-refractivity contribution in [2.45, 2.75) is 43.5 Å². The number of nitrogens with zero attached hydrogens (tertiary/aromatic N) is 4. The van der Waals surface area contributed by atoms with Gasteiger partial charge in [0.2, 0.25) is 10.0 Å². The van der Waals surface area contributed by atoms with Gasteiger partial charge in [0.1, 0.15) is 23.8 Å². The second kappa shape index (κ2) is 7.71. The molecule has 2 aromatic rings. The first-order chi connectivity index (χ1) is 13.4. The van der Waals surface area contributed by atoms with Gasteiger partial charge in [0.15, 0.2) is 0 Å². The average molecular weight is 408 g/mol. The minimum atomic E-state index is -3.63. The average Bonchev–Trinajstić information content (AvgIpc) is 3.47. The Morgan fingerprint density at radius 1 is 1.04 bits per heavy atom. The maximum atomic E-state index is 13.4. The summed E-state index contributed by atoms with van der Waals surface area (Å²) in [6.45, 7) is 0.776. The number of hydrogen-bond acceptors (Lipinski definition) is 5. The third-order valence-corrected chi connectivity index (χ3v) is 7.10. The normalized spacial score (nSPS) is 18.9. The number of sulfonamides is 1. The van der Waals surface area contributed by atoms with E-state index in [2.05, 4.69) is 14.9 Å². The van der Waals surface area contributed by atoms with Gasteiger partial charge in [-0.15, -0.1) is 0 Å². The Hall–Kier alpha value is -2.13. The molecule has 1 aliphatic heterocycles. The van der Waals surface area contributed by atoms with Crippen molar-refractivity contribution in [1.29, 1.82) is 0 Å². The molecule has 2 fully saturated rings. The lowest BCUT2D eigenvalue weighted by Crippen LogP contribution is -2.48. The predicted molar refractivity (Wildman–Crippen MR) is 101 cm³/mol. The summed E-state index contributed by atoms with van der Waals surface area (Å²) in [7, 11) is -3.63. The van der Waals surface area contributed by atoms with Crippen LogP contribution in [0.2, 0.25) is 0 Å². The Bertz CT molecular complexity index is 910. The van der Waals surface area contributed by atoms with Crippen LogP contribution < -0.4 is 4.90 Å². The molecule has 6 nitrogen and oxygen atoms in total. The number of halogens is 2. The van der Waals surface area contributed by atoms with E-state index in [1.807, 2.05) is 6.07 Å². The lowest BCUT2D eigenvalue weighted by atomic mass is 10.0. The highest BCUT2D eigenvalue weighted by molar-refractivity contribution is 7.88. The number of rotatable bonds is 6. The maximum Gasteiger partial charge on any atom is 0.218 e. The van der Waals surface area contributed by atoms with E-state index in [0.717, 1.165) is 36.9 Å². The highest BCUT2D eigenvalue weighted by atomic mass is 32.2. The molecule has 0 unspecified atom stereocenters. The fourth-order valence-corrected chi connectivity index (χ4v) is 5.39. The van der Waals surface area contributed by atoms with Gasteiger partial charge in [-0.05, 0) is 49.4 Å². The number of hydrogen-bond donors (Lipinski definition) is 0. The number of anilines is 1. The molecule has 0 radical (unpaired) electrons. The van der Waals surface area contributed by atoms with E-state index in [9.17, 15) is 17.2 Å². The Kier molecular flexibility index (Phi) is 5.29. The zero-order valence-corrected chi connectivity index (χ0v) is 16.2. The third-order valence-electron chi connectivity index (χ3n) is 5.25. The lowest BCUT2D eigenvalue weighted by molar-refractivity contribution is 0.308. The Morgan fingerprint density at radius 3 is 2.25 bits per heavy atom. The molecule has 2 aliphatic rings. The van der Waals surface area contributed by atoms with E-state index >= 15 is 0 Å². The molecule has 1 aromatic heterocycles. The molecule has 0 amide bonds. The number of benzene rings is 1. The first-order valence-corrected chi connectivity index (χ1v) is 11.0. The smallest absolute Gasteiger partial charge is 0.218 e. The van der Waals surface area contributed by atoms with Crippen LogP contribution in [-0.2, 0) is 15.8 Å². The standard InChI is InChI=1S/C19H22F2N4O2S/c20-15-9-14(10-16(21)11-15)12-28(26,27)24-7-4-18(5-8-24)25(17-1-2-17)19-3-6-22-13-23-19/h3,6,9-11,13,17-18H,1-2,4-5,7-8,12H2. The van der Waals surface area contributed by atoms with Crippen LogP contribution in [0.25, 0.3) is 0 Å². The van der Waals surface area contributed by atoms with E-state index < -0.39 is 27.4 Å². The minimum absolute atomic E-state index is 0.125. The van der Waals surface area contributed by atoms with Gasteiger partial charge < -0.3 is 4.90 Å². The molecule has 1 saturated carbocycles. The summed E-state index contributed by atoms with van der Waals surface area (Å²) in [6.07, 6.45) is 6.87. The van der Waals surface area contributed by atoms with Crippen molar-refractivity contribution in [3.05, 3.63) is 54.0 Å². The summed E-state index contributed by atoms with van der Waals surface area (Å²) in [4.78, 5) is 10.6. The van der Waals surface area contributed by atoms with Crippen LogP contribution in [0.1, 0.15) is 31.2 Å². The zero-order valence-electron chi connectivity index (χ0n) is 15.3. The van der Waals surface area contributed by atoms with Crippen LogP contribution in [0, 0.1) is 11.6 Å². The first-order valence-electron chi connectivity index (χ1n) is 9.39. The van der Waals surface area contributed by atoms with Gasteiger partial charge in [-0.1, -0.05) is 0 Å². The van der Waals surface area contributed by atoms with Crippen LogP contribution in [0.5, 0.6) is 0 Å². The molecule has 1 aliphatic carbocycles. The maximum absolute atomic E-state index is 13.4. The Labute approximate surface area is 163 Å². The van der Waals surface area contributed by atoms with Crippen molar-refractivity contribution in [2.24, 2.45) is 0 Å². The monoisotopic (exact) mass is 408 g/mol. The zero-order chi connectivity index (χ0) is 19.7. The molecule has 1 aromatic carbocycles. The van der Waals surface area contributed by atoms with Crippen LogP contribution in [0.4, 0.5) is 14.6 Å². The molecule has 150 valence electrons. The lowest BCUT2D eigenvalue weighted by Gasteiger charge is -2.39. The van der Waals surface area contributed by atoms with E-state index in [0.29, 0.717) is 32.0 Å². The van der Waals surface area contributed by atoms with Crippen molar-refractivity contribution in [3.63, 3.8) is 0 Å². The van der Waals surface area contributed by atoms with Gasteiger partial charge in [-0.25, -0.2) is 31.5 Å². The van der Waals surface area contributed by atoms with Crippen molar-refractivity contribution < 1.29 is 17.2 Å². The summed E-state index contributed by atoms with van der Waals surface area (Å²) >= 11 is 0. The molecule has 0 atom stereocenters. The van der Waals surface area contributed by atoms with E-state index in [-0.39, 0.29) is 11.6 Å². The largest absolute Gasteiger partial charge is 0.350 e. The van der Waals surface area contributed by atoms with Crippen molar-refractivity contribution in [1.82, 2.24) is 14.3 Å². The predicted octanol–water partition coefficient (Wildman–Crippen LogP) is 2.72. The number of piperidine rings is 1. The number of aromatic nitrogens is 2. The fourth-order valence-electron chi connectivity index (χ4n) is 3.86. The van der Waals surface area contributed by atoms with Crippen molar-refractivity contribution in [3.8, 4) is 0 Å². The Morgan fingerprint density at radius 2 is 1.68 bits per heavy atom. The molecule has 0 bridgehead atoms. The molecule has 0 N–H and O–H groups in total. The van der Waals surface area contributed by atoms with Crippen LogP contribution in [-0.4, -0.2) is 47.9 Å². The molecule has 0 spiro atoms. The van der Waals surface area contributed by atoms with Gasteiger partial charge in [0.05, 0.1) is 5.75 Å². The van der Waals surface area contributed by atoms with Gasteiger partial charge in [0, 0.05) is 37.4 Å². The molecule has 4 rings (SSSR count). The Balaban J connectivity index is 1.43. The van der Waals surface area contributed by atoms with E-state index in [1.54, 1.807) is 6.20 Å². The second-order valence-corrected chi connectivity index (χ2v) is 9.34. The molecule has 2 heterocycles. The van der Waals surface area contributed by atoms with Crippen LogP contribution >= 0.6 is 0 Å². The minimum Gasteiger partial charge on any atom is -0.350 e. The van der Waals surface area contributed by atoms with Crippen molar-refractivity contribution >= 4 is 15.8 Å². The highest BCUT2D eigenvalue weighted by Gasteiger charge is 2.38. The topological polar surface area (TPSA) is 66.4 Å². The molecule has 1 saturated heterocycles. The highest BCUT2D eigenvalue weighted by Crippen LogP contribution is 2.35.